The molecular weight excluding hydrogens is 275 g/mol. The van der Waals surface area contributed by atoms with Crippen LogP contribution < -0.4 is 5.32 Å². The van der Waals surface area contributed by atoms with Crippen molar-refractivity contribution < 1.29 is 24.6 Å². The second-order valence-corrected chi connectivity index (χ2v) is 3.64. The van der Waals surface area contributed by atoms with Crippen molar-refractivity contribution in [1.29, 1.82) is 0 Å². The number of carboxylic acid groups (broad SMARTS) is 2. The fourth-order valence-corrected chi connectivity index (χ4v) is 1.34. The zero-order valence-electron chi connectivity index (χ0n) is 8.73. The predicted octanol–water partition coefficient (Wildman–Crippen LogP) is 0.0134. The van der Waals surface area contributed by atoms with Gasteiger partial charge in [0.2, 0.25) is 6.04 Å². The lowest BCUT2D eigenvalue weighted by Gasteiger charge is -2.25. The Bertz CT molecular complexity index is 286. The third-order valence-corrected chi connectivity index (χ3v) is 2.09. The Morgan fingerprint density at radius 2 is 1.65 bits per heavy atom. The maximum atomic E-state index is 11.5. The summed E-state index contributed by atoms with van der Waals surface area (Å²) in [5, 5.41) is 19.8. The third kappa shape index (κ3) is 5.10. The fraction of sp³-hybridized carbons (Fsp3) is 0.625. The molecule has 0 radical (unpaired) electrons. The van der Waals surface area contributed by atoms with E-state index in [4.69, 9.17) is 33.4 Å². The zero-order chi connectivity index (χ0) is 13.4. The van der Waals surface area contributed by atoms with Crippen molar-refractivity contribution in [2.75, 3.05) is 24.8 Å². The van der Waals surface area contributed by atoms with Crippen LogP contribution in [0.3, 0.4) is 0 Å². The number of alkyl halides is 2. The Morgan fingerprint density at radius 1 is 1.12 bits per heavy atom. The summed E-state index contributed by atoms with van der Waals surface area (Å²) in [6.07, 6.45) is 0. The van der Waals surface area contributed by atoms with E-state index in [1.165, 1.54) is 0 Å². The number of hydrogen-bond acceptors (Lipinski definition) is 3. The van der Waals surface area contributed by atoms with Crippen molar-refractivity contribution in [3.63, 3.8) is 0 Å². The molecule has 0 spiro atoms. The molecule has 0 aliphatic heterocycles. The van der Waals surface area contributed by atoms with Crippen LogP contribution in [0.25, 0.3) is 0 Å². The number of halogens is 2. The van der Waals surface area contributed by atoms with Crippen LogP contribution in [0.15, 0.2) is 0 Å². The van der Waals surface area contributed by atoms with Gasteiger partial charge in [0.05, 0.1) is 0 Å². The smallest absolute Gasteiger partial charge is 0.338 e. The molecule has 0 saturated carbocycles. The SMILES string of the molecule is O=C(O)C(C(=O)O)N(CCCl)C(=O)NCCCl. The lowest BCUT2D eigenvalue weighted by Crippen LogP contribution is -2.54. The molecule has 17 heavy (non-hydrogen) atoms. The van der Waals surface area contributed by atoms with Crippen LogP contribution >= 0.6 is 23.2 Å². The van der Waals surface area contributed by atoms with Gasteiger partial charge in [-0.05, 0) is 0 Å². The van der Waals surface area contributed by atoms with Crippen LogP contribution in [0.2, 0.25) is 0 Å². The third-order valence-electron chi connectivity index (χ3n) is 1.74. The first kappa shape index (κ1) is 15.8. The minimum Gasteiger partial charge on any atom is -0.479 e. The molecule has 0 bridgehead atoms. The molecule has 0 aliphatic rings. The number of hydrogen-bond donors (Lipinski definition) is 3. The molecule has 0 saturated heterocycles. The fourth-order valence-electron chi connectivity index (χ4n) is 1.07. The molecule has 7 nitrogen and oxygen atoms in total. The van der Waals surface area contributed by atoms with Gasteiger partial charge in [-0.2, -0.15) is 0 Å². The van der Waals surface area contributed by atoms with E-state index in [1.54, 1.807) is 0 Å². The number of aliphatic carboxylic acids is 2. The second kappa shape index (κ2) is 7.97. The van der Waals surface area contributed by atoms with Crippen LogP contribution in [0, 0.1) is 0 Å². The van der Waals surface area contributed by atoms with Crippen LogP contribution in [0.5, 0.6) is 0 Å². The van der Waals surface area contributed by atoms with Gasteiger partial charge in [-0.1, -0.05) is 0 Å². The van der Waals surface area contributed by atoms with E-state index >= 15 is 0 Å². The lowest BCUT2D eigenvalue weighted by molar-refractivity contribution is -0.154. The van der Waals surface area contributed by atoms with E-state index in [0.29, 0.717) is 4.90 Å². The number of nitrogens with zero attached hydrogens (tertiary/aromatic N) is 1. The molecule has 9 heteroatoms. The van der Waals surface area contributed by atoms with Gasteiger partial charge in [0, 0.05) is 24.8 Å². The first-order chi connectivity index (χ1) is 7.95. The van der Waals surface area contributed by atoms with E-state index in [2.05, 4.69) is 5.32 Å². The average molecular weight is 287 g/mol. The largest absolute Gasteiger partial charge is 0.479 e. The maximum absolute atomic E-state index is 11.5. The number of nitrogens with one attached hydrogen (secondary N) is 1. The van der Waals surface area contributed by atoms with E-state index < -0.39 is 24.0 Å². The van der Waals surface area contributed by atoms with Gasteiger partial charge in [0.1, 0.15) is 0 Å². The monoisotopic (exact) mass is 286 g/mol. The standard InChI is InChI=1S/C8H12Cl2N2O5/c9-1-3-11-8(17)12(4-2-10)5(6(13)14)7(15)16/h5H,1-4H2,(H,11,17)(H,13,14)(H,15,16). The molecule has 3 N–H and O–H groups in total. The summed E-state index contributed by atoms with van der Waals surface area (Å²) in [6.45, 7) is -0.0932. The van der Waals surface area contributed by atoms with Crippen molar-refractivity contribution in [3.8, 4) is 0 Å². The van der Waals surface area contributed by atoms with Crippen LogP contribution in [0.1, 0.15) is 0 Å². The molecule has 0 aromatic rings. The summed E-state index contributed by atoms with van der Waals surface area (Å²) in [5.41, 5.74) is 0. The summed E-state index contributed by atoms with van der Waals surface area (Å²) >= 11 is 10.7. The maximum Gasteiger partial charge on any atom is 0.338 e. The van der Waals surface area contributed by atoms with Gasteiger partial charge in [-0.25, -0.2) is 14.4 Å². The highest BCUT2D eigenvalue weighted by atomic mass is 35.5. The molecule has 98 valence electrons. The molecule has 0 fully saturated rings. The Labute approximate surface area is 107 Å². The molecule has 0 heterocycles. The number of rotatable bonds is 7. The first-order valence-electron chi connectivity index (χ1n) is 4.57. The van der Waals surface area contributed by atoms with E-state index in [-0.39, 0.29) is 24.8 Å². The zero-order valence-corrected chi connectivity index (χ0v) is 10.2. The number of amides is 2. The summed E-state index contributed by atoms with van der Waals surface area (Å²) in [5.74, 6) is -3.22. The van der Waals surface area contributed by atoms with Gasteiger partial charge in [0.15, 0.2) is 0 Å². The summed E-state index contributed by atoms with van der Waals surface area (Å²) < 4.78 is 0. The van der Waals surface area contributed by atoms with Gasteiger partial charge in [-0.15, -0.1) is 23.2 Å². The topological polar surface area (TPSA) is 107 Å². The Morgan fingerprint density at radius 3 is 2.00 bits per heavy atom. The highest BCUT2D eigenvalue weighted by Gasteiger charge is 2.35. The van der Waals surface area contributed by atoms with Crippen LogP contribution in [0.4, 0.5) is 4.79 Å². The molecule has 2 amide bonds. The van der Waals surface area contributed by atoms with E-state index in [9.17, 15) is 14.4 Å². The van der Waals surface area contributed by atoms with Gasteiger partial charge < -0.3 is 20.4 Å². The van der Waals surface area contributed by atoms with E-state index in [0.717, 1.165) is 0 Å². The van der Waals surface area contributed by atoms with Gasteiger partial charge >= 0.3 is 18.0 Å². The van der Waals surface area contributed by atoms with Crippen molar-refractivity contribution in [3.05, 3.63) is 0 Å². The summed E-state index contributed by atoms with van der Waals surface area (Å²) in [7, 11) is 0. The molecule has 0 rings (SSSR count). The highest BCUT2D eigenvalue weighted by molar-refractivity contribution is 6.18. The van der Waals surface area contributed by atoms with Crippen LogP contribution in [-0.4, -0.2) is 64.0 Å². The van der Waals surface area contributed by atoms with Gasteiger partial charge in [0.25, 0.3) is 0 Å². The molecule has 0 atom stereocenters. The lowest BCUT2D eigenvalue weighted by atomic mass is 10.2. The number of carbonyl (C=O) groups is 3. The Balaban J connectivity index is 4.84. The summed E-state index contributed by atoms with van der Waals surface area (Å²) in [4.78, 5) is 33.7. The molecule has 0 aromatic heterocycles. The van der Waals surface area contributed by atoms with Crippen molar-refractivity contribution in [2.24, 2.45) is 0 Å². The van der Waals surface area contributed by atoms with E-state index in [1.807, 2.05) is 0 Å². The van der Waals surface area contributed by atoms with Crippen molar-refractivity contribution >= 4 is 41.2 Å². The number of urea groups is 1. The number of carboxylic acids is 2. The Hall–Kier alpha value is -1.21. The normalized spacial score (nSPS) is 10.1. The highest BCUT2D eigenvalue weighted by Crippen LogP contribution is 2.02. The molecular formula is C8H12Cl2N2O5. The van der Waals surface area contributed by atoms with Crippen molar-refractivity contribution in [2.45, 2.75) is 6.04 Å². The molecule has 0 aliphatic carbocycles. The van der Waals surface area contributed by atoms with Gasteiger partial charge in [-0.3, -0.25) is 0 Å². The minimum absolute atomic E-state index is 0.0780. The van der Waals surface area contributed by atoms with Crippen molar-refractivity contribution in [1.82, 2.24) is 10.2 Å². The Kier molecular flexibility index (Phi) is 7.40. The number of carbonyl (C=O) groups excluding carboxylic acids is 1. The quantitative estimate of drug-likeness (QED) is 0.452. The molecule has 0 unspecified atom stereocenters. The van der Waals surface area contributed by atoms with Crippen LogP contribution in [-0.2, 0) is 9.59 Å². The second-order valence-electron chi connectivity index (χ2n) is 2.88. The minimum atomic E-state index is -1.97. The molecule has 0 aromatic carbocycles. The predicted molar refractivity (Wildman–Crippen MR) is 60.6 cm³/mol. The average Bonchev–Trinajstić information content (AvgIpc) is 2.24. The summed E-state index contributed by atoms with van der Waals surface area (Å²) in [6, 6.07) is -2.80. The first-order valence-corrected chi connectivity index (χ1v) is 5.64.